The Morgan fingerprint density at radius 1 is 1.10 bits per heavy atom. The smallest absolute Gasteiger partial charge is 0.226 e. The number of hydrogen-bond acceptors (Lipinski definition) is 4. The highest BCUT2D eigenvalue weighted by Crippen LogP contribution is 2.40. The molecule has 2 unspecified atom stereocenters. The van der Waals surface area contributed by atoms with Crippen LogP contribution in [0.3, 0.4) is 0 Å². The Balaban J connectivity index is 0.000000806. The summed E-state index contributed by atoms with van der Waals surface area (Å²) in [5.41, 5.74) is 6.58. The Morgan fingerprint density at radius 3 is 2.37 bits per heavy atom. The number of rotatable bonds is 6. The number of benzene rings is 2. The van der Waals surface area contributed by atoms with Crippen molar-refractivity contribution < 1.29 is 14.7 Å². The quantitative estimate of drug-likeness (QED) is 0.639. The van der Waals surface area contributed by atoms with Gasteiger partial charge in [-0.25, -0.2) is 0 Å². The molecule has 1 aliphatic heterocycles. The van der Waals surface area contributed by atoms with Crippen LogP contribution >= 0.6 is 0 Å². The molecule has 1 saturated carbocycles. The number of aromatic hydroxyl groups is 1. The van der Waals surface area contributed by atoms with Crippen molar-refractivity contribution in [3.05, 3.63) is 65.7 Å². The van der Waals surface area contributed by atoms with Gasteiger partial charge in [0.25, 0.3) is 0 Å². The maximum atomic E-state index is 12.5. The lowest BCUT2D eigenvalue weighted by Crippen LogP contribution is -2.41. The third-order valence-corrected chi connectivity index (χ3v) is 5.95. The van der Waals surface area contributed by atoms with Crippen LogP contribution < -0.4 is 11.1 Å². The summed E-state index contributed by atoms with van der Waals surface area (Å²) in [6, 6.07) is 18.3. The zero-order valence-electron chi connectivity index (χ0n) is 17.2. The normalized spacial score (nSPS) is 20.7. The van der Waals surface area contributed by atoms with Crippen molar-refractivity contribution in [1.82, 2.24) is 10.2 Å². The van der Waals surface area contributed by atoms with Gasteiger partial charge in [0.1, 0.15) is 5.75 Å². The molecule has 30 heavy (non-hydrogen) atoms. The zero-order valence-corrected chi connectivity index (χ0v) is 17.2. The number of nitrogens with one attached hydrogen (secondary N) is 1. The minimum absolute atomic E-state index is 0.193. The molecule has 2 aromatic rings. The molecule has 1 heterocycles. The lowest BCUT2D eigenvalue weighted by Gasteiger charge is -2.32. The van der Waals surface area contributed by atoms with E-state index in [1.807, 2.05) is 17.0 Å². The summed E-state index contributed by atoms with van der Waals surface area (Å²) in [5.74, 6) is 1.78. The van der Waals surface area contributed by atoms with Gasteiger partial charge in [-0.15, -0.1) is 0 Å². The molecule has 6 heteroatoms. The van der Waals surface area contributed by atoms with Gasteiger partial charge in [-0.05, 0) is 55.0 Å². The van der Waals surface area contributed by atoms with Gasteiger partial charge in [0, 0.05) is 25.0 Å². The maximum Gasteiger partial charge on any atom is 0.226 e. The van der Waals surface area contributed by atoms with Crippen LogP contribution in [0, 0.1) is 5.92 Å². The number of phenolic OH excluding ortho intramolecular Hbond substituents is 1. The third kappa shape index (κ3) is 6.32. The number of nitrogens with two attached hydrogens (primary N) is 1. The van der Waals surface area contributed by atoms with E-state index in [-0.39, 0.29) is 18.1 Å². The summed E-state index contributed by atoms with van der Waals surface area (Å²) in [6.07, 6.45) is 4.08. The van der Waals surface area contributed by atoms with Gasteiger partial charge in [-0.2, -0.15) is 0 Å². The predicted molar refractivity (Wildman–Crippen MR) is 117 cm³/mol. The maximum absolute atomic E-state index is 12.5. The molecule has 2 fully saturated rings. The van der Waals surface area contributed by atoms with Gasteiger partial charge >= 0.3 is 0 Å². The molecule has 0 radical (unpaired) electrons. The molecule has 0 bridgehead atoms. The molecule has 2 amide bonds. The predicted octanol–water partition coefficient (Wildman–Crippen LogP) is 2.42. The van der Waals surface area contributed by atoms with Crippen molar-refractivity contribution in [3.63, 3.8) is 0 Å². The lowest BCUT2D eigenvalue weighted by molar-refractivity contribution is -0.131. The van der Waals surface area contributed by atoms with E-state index < -0.39 is 0 Å². The van der Waals surface area contributed by atoms with Gasteiger partial charge in [-0.1, -0.05) is 42.5 Å². The number of hydrogen-bond donors (Lipinski definition) is 3. The monoisotopic (exact) mass is 409 g/mol. The number of likely N-dealkylation sites (tertiary alicyclic amines) is 1. The number of nitrogens with zero attached hydrogens (tertiary/aromatic N) is 1. The van der Waals surface area contributed by atoms with Crippen LogP contribution in [0.2, 0.25) is 0 Å². The van der Waals surface area contributed by atoms with Crippen LogP contribution in [-0.4, -0.2) is 48.0 Å². The van der Waals surface area contributed by atoms with E-state index in [0.717, 1.165) is 38.0 Å². The first kappa shape index (κ1) is 21.8. The van der Waals surface area contributed by atoms with Crippen molar-refractivity contribution in [2.45, 2.75) is 37.6 Å². The Bertz CT molecular complexity index is 802. The number of phenols is 1. The Labute approximate surface area is 178 Å². The summed E-state index contributed by atoms with van der Waals surface area (Å²) in [5, 5.41) is 13.1. The minimum atomic E-state index is 0.193. The molecule has 0 spiro atoms. The van der Waals surface area contributed by atoms with Crippen molar-refractivity contribution >= 4 is 12.3 Å². The zero-order chi connectivity index (χ0) is 21.3. The summed E-state index contributed by atoms with van der Waals surface area (Å²) >= 11 is 0. The van der Waals surface area contributed by atoms with Crippen LogP contribution in [0.5, 0.6) is 5.75 Å². The average molecular weight is 410 g/mol. The van der Waals surface area contributed by atoms with E-state index in [4.69, 9.17) is 4.79 Å². The van der Waals surface area contributed by atoms with Crippen molar-refractivity contribution in [3.8, 4) is 5.75 Å². The van der Waals surface area contributed by atoms with Gasteiger partial charge in [0.05, 0.1) is 6.42 Å². The molecule has 160 valence electrons. The first-order valence-corrected chi connectivity index (χ1v) is 10.6. The van der Waals surface area contributed by atoms with E-state index in [1.165, 1.54) is 12.0 Å². The number of carbonyl (C=O) groups is 2. The van der Waals surface area contributed by atoms with E-state index in [9.17, 15) is 9.90 Å². The van der Waals surface area contributed by atoms with Gasteiger partial charge in [0.2, 0.25) is 12.3 Å². The lowest BCUT2D eigenvalue weighted by atomic mass is 9.96. The molecular formula is C24H31N3O3. The highest BCUT2D eigenvalue weighted by atomic mass is 16.3. The van der Waals surface area contributed by atoms with E-state index in [1.54, 1.807) is 12.1 Å². The molecule has 4 N–H and O–H groups in total. The molecule has 2 aromatic carbocycles. The SMILES string of the molecule is NC=O.O=C(Cc1ccc(O)cc1)N1CCC(CNC2CC2c2ccccc2)CC1. The fourth-order valence-electron chi connectivity index (χ4n) is 4.09. The third-order valence-electron chi connectivity index (χ3n) is 5.95. The van der Waals surface area contributed by atoms with Crippen LogP contribution in [0.4, 0.5) is 0 Å². The summed E-state index contributed by atoms with van der Waals surface area (Å²) in [6.45, 7) is 2.78. The Kier molecular flexibility index (Phi) is 7.85. The van der Waals surface area contributed by atoms with E-state index >= 15 is 0 Å². The highest BCUT2D eigenvalue weighted by Gasteiger charge is 2.38. The van der Waals surface area contributed by atoms with Crippen LogP contribution in [-0.2, 0) is 16.0 Å². The molecule has 2 atom stereocenters. The molecule has 1 aliphatic carbocycles. The van der Waals surface area contributed by atoms with Crippen LogP contribution in [0.15, 0.2) is 54.6 Å². The topological polar surface area (TPSA) is 95.7 Å². The van der Waals surface area contributed by atoms with Crippen molar-refractivity contribution in [1.29, 1.82) is 0 Å². The first-order valence-electron chi connectivity index (χ1n) is 10.6. The van der Waals surface area contributed by atoms with Crippen LogP contribution in [0.1, 0.15) is 36.3 Å². The van der Waals surface area contributed by atoms with Crippen molar-refractivity contribution in [2.24, 2.45) is 11.7 Å². The minimum Gasteiger partial charge on any atom is -0.508 e. The number of primary amides is 1. The Morgan fingerprint density at radius 2 is 1.73 bits per heavy atom. The second kappa shape index (κ2) is 10.8. The Hall–Kier alpha value is -2.86. The van der Waals surface area contributed by atoms with E-state index in [0.29, 0.717) is 24.3 Å². The van der Waals surface area contributed by atoms with E-state index in [2.05, 4.69) is 41.4 Å². The molecule has 0 aromatic heterocycles. The number of amides is 2. The summed E-state index contributed by atoms with van der Waals surface area (Å²) in [4.78, 5) is 23.1. The van der Waals surface area contributed by atoms with Crippen molar-refractivity contribution in [2.75, 3.05) is 19.6 Å². The second-order valence-corrected chi connectivity index (χ2v) is 8.07. The molecule has 4 rings (SSSR count). The highest BCUT2D eigenvalue weighted by molar-refractivity contribution is 5.78. The molecule has 2 aliphatic rings. The van der Waals surface area contributed by atoms with Gasteiger partial charge < -0.3 is 21.1 Å². The molecule has 1 saturated heterocycles. The van der Waals surface area contributed by atoms with Crippen LogP contribution in [0.25, 0.3) is 0 Å². The second-order valence-electron chi connectivity index (χ2n) is 8.07. The fourth-order valence-corrected chi connectivity index (χ4v) is 4.09. The number of carbonyl (C=O) groups excluding carboxylic acids is 2. The van der Waals surface area contributed by atoms with Gasteiger partial charge in [-0.3, -0.25) is 9.59 Å². The standard InChI is InChI=1S/C23H28N2O2.CH3NO/c26-20-8-6-17(7-9-20)14-23(27)25-12-10-18(11-13-25)16-24-22-15-21(22)19-4-2-1-3-5-19;2-1-3/h1-9,18,21-22,24,26H,10-16H2;1H,(H2,2,3). The molecule has 6 nitrogen and oxygen atoms in total. The largest absolute Gasteiger partial charge is 0.508 e. The van der Waals surface area contributed by atoms with Gasteiger partial charge in [0.15, 0.2) is 0 Å². The summed E-state index contributed by atoms with van der Waals surface area (Å²) < 4.78 is 0. The average Bonchev–Trinajstić information content (AvgIpc) is 3.55. The molecular weight excluding hydrogens is 378 g/mol. The first-order chi connectivity index (χ1) is 14.6. The summed E-state index contributed by atoms with van der Waals surface area (Å²) in [7, 11) is 0. The number of piperidine rings is 1. The fraction of sp³-hybridized carbons (Fsp3) is 0.417.